The molecule has 0 radical (unpaired) electrons. The highest BCUT2D eigenvalue weighted by molar-refractivity contribution is 4.65. The van der Waals surface area contributed by atoms with Crippen molar-refractivity contribution in [1.29, 1.82) is 0 Å². The van der Waals surface area contributed by atoms with E-state index in [0.29, 0.717) is 5.92 Å². The van der Waals surface area contributed by atoms with Crippen molar-refractivity contribution in [3.63, 3.8) is 0 Å². The molecule has 0 rings (SSSR count). The van der Waals surface area contributed by atoms with Gasteiger partial charge in [-0.2, -0.15) is 0 Å². The van der Waals surface area contributed by atoms with Crippen LogP contribution in [-0.2, 0) is 14.5 Å². The zero-order valence-electron chi connectivity index (χ0n) is 12.6. The van der Waals surface area contributed by atoms with E-state index in [1.165, 1.54) is 0 Å². The summed E-state index contributed by atoms with van der Waals surface area (Å²) in [6.45, 7) is 15.4. The molecule has 3 heteroatoms. The van der Waals surface area contributed by atoms with Gasteiger partial charge in [0.2, 0.25) is 0 Å². The highest BCUT2D eigenvalue weighted by Crippen LogP contribution is 2.24. The summed E-state index contributed by atoms with van der Waals surface area (Å²) in [7, 11) is 0. The summed E-state index contributed by atoms with van der Waals surface area (Å²) in [6.07, 6.45) is 1.94. The van der Waals surface area contributed by atoms with Crippen LogP contribution in [0, 0.1) is 11.3 Å². The van der Waals surface area contributed by atoms with Gasteiger partial charge in [-0.25, -0.2) is 9.78 Å². The lowest BCUT2D eigenvalue weighted by molar-refractivity contribution is -0.419. The summed E-state index contributed by atoms with van der Waals surface area (Å²) in [5, 5.41) is 0. The molecule has 3 nitrogen and oxygen atoms in total. The lowest BCUT2D eigenvalue weighted by Gasteiger charge is -2.30. The topological polar surface area (TPSA) is 27.7 Å². The molecule has 0 heterocycles. The van der Waals surface area contributed by atoms with Gasteiger partial charge in [-0.15, -0.1) is 0 Å². The Kier molecular flexibility index (Phi) is 8.01. The van der Waals surface area contributed by atoms with Crippen LogP contribution >= 0.6 is 0 Å². The van der Waals surface area contributed by atoms with E-state index in [1.54, 1.807) is 0 Å². The van der Waals surface area contributed by atoms with Gasteiger partial charge in [0.15, 0.2) is 6.29 Å². The zero-order chi connectivity index (χ0) is 13.5. The van der Waals surface area contributed by atoms with Gasteiger partial charge < -0.3 is 4.74 Å². The molecule has 0 aliphatic heterocycles. The second kappa shape index (κ2) is 8.06. The molecule has 0 saturated carbocycles. The van der Waals surface area contributed by atoms with Crippen LogP contribution in [0.15, 0.2) is 0 Å². The summed E-state index contributed by atoms with van der Waals surface area (Å²) in [6, 6.07) is 0. The van der Waals surface area contributed by atoms with Gasteiger partial charge in [0.25, 0.3) is 0 Å². The van der Waals surface area contributed by atoms with Crippen molar-refractivity contribution < 1.29 is 14.5 Å². The predicted octanol–water partition coefficient (Wildman–Crippen LogP) is 4.17. The molecule has 0 aromatic heterocycles. The van der Waals surface area contributed by atoms with E-state index < -0.39 is 0 Å². The summed E-state index contributed by atoms with van der Waals surface area (Å²) in [4.78, 5) is 10.9. The molecule has 0 N–H and O–H groups in total. The van der Waals surface area contributed by atoms with E-state index in [4.69, 9.17) is 14.5 Å². The van der Waals surface area contributed by atoms with Crippen LogP contribution in [0.25, 0.3) is 0 Å². The maximum Gasteiger partial charge on any atom is 0.196 e. The number of hydrogen-bond acceptors (Lipinski definition) is 3. The average molecular weight is 246 g/mol. The van der Waals surface area contributed by atoms with Crippen LogP contribution in [0.4, 0.5) is 0 Å². The number of ether oxygens (including phenoxy) is 1. The van der Waals surface area contributed by atoms with Crippen LogP contribution in [0.1, 0.15) is 61.3 Å². The SMILES string of the molecule is CCCCOC(OOC(C)C(C)C)C(C)(C)C. The Hall–Kier alpha value is -0.120. The van der Waals surface area contributed by atoms with Gasteiger partial charge in [0, 0.05) is 12.0 Å². The first-order valence-electron chi connectivity index (χ1n) is 6.72. The first kappa shape index (κ1) is 16.9. The molecule has 17 heavy (non-hydrogen) atoms. The minimum Gasteiger partial charge on any atom is -0.349 e. The van der Waals surface area contributed by atoms with E-state index >= 15 is 0 Å². The number of unbranched alkanes of at least 4 members (excludes halogenated alkanes) is 1. The van der Waals surface area contributed by atoms with Crippen LogP contribution in [-0.4, -0.2) is 19.0 Å². The van der Waals surface area contributed by atoms with E-state index in [-0.39, 0.29) is 17.8 Å². The van der Waals surface area contributed by atoms with Gasteiger partial charge >= 0.3 is 0 Å². The van der Waals surface area contributed by atoms with Crippen LogP contribution in [0.3, 0.4) is 0 Å². The predicted molar refractivity (Wildman–Crippen MR) is 70.6 cm³/mol. The Labute approximate surface area is 107 Å². The summed E-state index contributed by atoms with van der Waals surface area (Å²) < 4.78 is 5.73. The Bertz CT molecular complexity index is 184. The largest absolute Gasteiger partial charge is 0.349 e. The molecule has 0 aromatic carbocycles. The Balaban J connectivity index is 4.11. The second-order valence-corrected chi connectivity index (χ2v) is 6.06. The van der Waals surface area contributed by atoms with Crippen molar-refractivity contribution in [1.82, 2.24) is 0 Å². The molecule has 0 bridgehead atoms. The molecule has 0 saturated heterocycles. The lowest BCUT2D eigenvalue weighted by Crippen LogP contribution is -2.34. The van der Waals surface area contributed by atoms with Crippen molar-refractivity contribution in [2.45, 2.75) is 73.7 Å². The summed E-state index contributed by atoms with van der Waals surface area (Å²) in [5.41, 5.74) is -0.0789. The smallest absolute Gasteiger partial charge is 0.196 e. The van der Waals surface area contributed by atoms with E-state index in [1.807, 2.05) is 6.92 Å². The van der Waals surface area contributed by atoms with Crippen molar-refractivity contribution in [2.24, 2.45) is 11.3 Å². The number of rotatable bonds is 8. The normalized spacial score (nSPS) is 16.2. The standard InChI is InChI=1S/C14H30O3/c1-8-9-10-15-13(14(5,6)7)17-16-12(4)11(2)3/h11-13H,8-10H2,1-7H3. The third kappa shape index (κ3) is 7.74. The van der Waals surface area contributed by atoms with Crippen molar-refractivity contribution in [3.8, 4) is 0 Å². The van der Waals surface area contributed by atoms with E-state index in [9.17, 15) is 0 Å². The minimum atomic E-state index is -0.310. The fraction of sp³-hybridized carbons (Fsp3) is 1.00. The van der Waals surface area contributed by atoms with Crippen LogP contribution < -0.4 is 0 Å². The molecule has 2 unspecified atom stereocenters. The highest BCUT2D eigenvalue weighted by Gasteiger charge is 2.28. The Morgan fingerprint density at radius 2 is 1.59 bits per heavy atom. The quantitative estimate of drug-likeness (QED) is 0.278. The monoisotopic (exact) mass is 246 g/mol. The molecule has 0 fully saturated rings. The van der Waals surface area contributed by atoms with Gasteiger partial charge in [0.05, 0.1) is 6.10 Å². The molecule has 0 aromatic rings. The maximum absolute atomic E-state index is 5.73. The average Bonchev–Trinajstić information content (AvgIpc) is 2.20. The molecule has 2 atom stereocenters. The van der Waals surface area contributed by atoms with Crippen molar-refractivity contribution in [3.05, 3.63) is 0 Å². The van der Waals surface area contributed by atoms with Crippen molar-refractivity contribution >= 4 is 0 Å². The van der Waals surface area contributed by atoms with Gasteiger partial charge in [-0.3, -0.25) is 0 Å². The summed E-state index contributed by atoms with van der Waals surface area (Å²) in [5.74, 6) is 0.436. The second-order valence-electron chi connectivity index (χ2n) is 6.06. The molecule has 0 amide bonds. The van der Waals surface area contributed by atoms with Gasteiger partial charge in [-0.05, 0) is 19.3 Å². The molecule has 104 valence electrons. The Morgan fingerprint density at radius 3 is 2.00 bits per heavy atom. The highest BCUT2D eigenvalue weighted by atomic mass is 17.2. The van der Waals surface area contributed by atoms with Crippen LogP contribution in [0.2, 0.25) is 0 Å². The fourth-order valence-electron chi connectivity index (χ4n) is 1.01. The van der Waals surface area contributed by atoms with Crippen LogP contribution in [0.5, 0.6) is 0 Å². The lowest BCUT2D eigenvalue weighted by atomic mass is 9.96. The summed E-state index contributed by atoms with van der Waals surface area (Å²) >= 11 is 0. The van der Waals surface area contributed by atoms with Gasteiger partial charge in [-0.1, -0.05) is 48.0 Å². The first-order valence-corrected chi connectivity index (χ1v) is 6.72. The molecule has 0 aliphatic carbocycles. The third-order valence-corrected chi connectivity index (χ3v) is 2.71. The van der Waals surface area contributed by atoms with E-state index in [0.717, 1.165) is 19.4 Å². The van der Waals surface area contributed by atoms with E-state index in [2.05, 4.69) is 41.5 Å². The first-order chi connectivity index (χ1) is 7.79. The fourth-order valence-corrected chi connectivity index (χ4v) is 1.01. The zero-order valence-corrected chi connectivity index (χ0v) is 12.6. The maximum atomic E-state index is 5.73. The molecule has 0 spiro atoms. The molecular weight excluding hydrogens is 216 g/mol. The molecular formula is C14H30O3. The number of hydrogen-bond donors (Lipinski definition) is 0. The Morgan fingerprint density at radius 1 is 1.00 bits per heavy atom. The van der Waals surface area contributed by atoms with Crippen molar-refractivity contribution in [2.75, 3.05) is 6.61 Å². The van der Waals surface area contributed by atoms with Gasteiger partial charge in [0.1, 0.15) is 0 Å². The third-order valence-electron chi connectivity index (χ3n) is 2.71. The minimum absolute atomic E-state index is 0.0784. The molecule has 0 aliphatic rings.